The Balaban J connectivity index is 4.07. The molecule has 0 aliphatic heterocycles. The highest BCUT2D eigenvalue weighted by molar-refractivity contribution is 5.53. The fourth-order valence-electron chi connectivity index (χ4n) is 2.00. The summed E-state index contributed by atoms with van der Waals surface area (Å²) in [6.45, 7) is 8.77. The van der Waals surface area contributed by atoms with Gasteiger partial charge in [-0.3, -0.25) is 0 Å². The van der Waals surface area contributed by atoms with Crippen molar-refractivity contribution in [1.29, 1.82) is 0 Å². The molecule has 0 aromatic carbocycles. The molecule has 0 bridgehead atoms. The highest BCUT2D eigenvalue weighted by atomic mass is 16.1. The van der Waals surface area contributed by atoms with Crippen LogP contribution >= 0.6 is 0 Å². The smallest absolute Gasteiger partial charge is 0.123 e. The van der Waals surface area contributed by atoms with E-state index in [0.29, 0.717) is 17.8 Å². The summed E-state index contributed by atoms with van der Waals surface area (Å²) in [5, 5.41) is 0. The molecule has 0 spiro atoms. The van der Waals surface area contributed by atoms with Crippen molar-refractivity contribution in [1.82, 2.24) is 0 Å². The Kier molecular flexibility index (Phi) is 6.93. The fraction of sp³-hybridized carbons (Fsp3) is 0.917. The van der Waals surface area contributed by atoms with Gasteiger partial charge in [0, 0.05) is 5.92 Å². The molecule has 13 heavy (non-hydrogen) atoms. The molecule has 0 rings (SSSR count). The number of rotatable bonds is 7. The third-order valence-electron chi connectivity index (χ3n) is 2.71. The van der Waals surface area contributed by atoms with Crippen LogP contribution in [-0.2, 0) is 4.79 Å². The van der Waals surface area contributed by atoms with Crippen molar-refractivity contribution < 1.29 is 4.79 Å². The van der Waals surface area contributed by atoms with Crippen LogP contribution in [0.1, 0.15) is 53.4 Å². The largest absolute Gasteiger partial charge is 0.303 e. The van der Waals surface area contributed by atoms with E-state index >= 15 is 0 Å². The third kappa shape index (κ3) is 5.07. The minimum Gasteiger partial charge on any atom is -0.303 e. The van der Waals surface area contributed by atoms with Crippen molar-refractivity contribution in [3.8, 4) is 0 Å². The van der Waals surface area contributed by atoms with Crippen LogP contribution in [0.3, 0.4) is 0 Å². The minimum atomic E-state index is 0.296. The Hall–Kier alpha value is -0.330. The van der Waals surface area contributed by atoms with Crippen molar-refractivity contribution in [3.63, 3.8) is 0 Å². The molecule has 0 N–H and O–H groups in total. The standard InChI is InChI=1S/C12H24O/c1-5-7-11(6-2)12(9-13)8-10(3)4/h9-12H,5-8H2,1-4H3. The first-order valence-corrected chi connectivity index (χ1v) is 5.60. The van der Waals surface area contributed by atoms with Crippen molar-refractivity contribution in [2.24, 2.45) is 17.8 Å². The first-order valence-electron chi connectivity index (χ1n) is 5.60. The molecule has 0 fully saturated rings. The van der Waals surface area contributed by atoms with E-state index in [1.165, 1.54) is 19.1 Å². The van der Waals surface area contributed by atoms with Gasteiger partial charge in [-0.1, -0.05) is 47.0 Å². The highest BCUT2D eigenvalue weighted by Crippen LogP contribution is 2.25. The summed E-state index contributed by atoms with van der Waals surface area (Å²) >= 11 is 0. The van der Waals surface area contributed by atoms with Crippen molar-refractivity contribution >= 4 is 6.29 Å². The maximum absolute atomic E-state index is 10.9. The molecule has 0 saturated carbocycles. The van der Waals surface area contributed by atoms with Gasteiger partial charge in [-0.25, -0.2) is 0 Å². The first kappa shape index (κ1) is 12.7. The van der Waals surface area contributed by atoms with Crippen LogP contribution in [0.25, 0.3) is 0 Å². The second-order valence-corrected chi connectivity index (χ2v) is 4.39. The Morgan fingerprint density at radius 3 is 2.15 bits per heavy atom. The average molecular weight is 184 g/mol. The maximum atomic E-state index is 10.9. The molecule has 2 unspecified atom stereocenters. The highest BCUT2D eigenvalue weighted by Gasteiger charge is 2.19. The average Bonchev–Trinajstić information content (AvgIpc) is 2.10. The van der Waals surface area contributed by atoms with E-state index in [9.17, 15) is 4.79 Å². The monoisotopic (exact) mass is 184 g/mol. The van der Waals surface area contributed by atoms with E-state index in [4.69, 9.17) is 0 Å². The van der Waals surface area contributed by atoms with E-state index in [1.54, 1.807) is 0 Å². The lowest BCUT2D eigenvalue weighted by molar-refractivity contribution is -0.113. The maximum Gasteiger partial charge on any atom is 0.123 e. The molecule has 0 aliphatic carbocycles. The SMILES string of the molecule is CCCC(CC)C(C=O)CC(C)C. The summed E-state index contributed by atoms with van der Waals surface area (Å²) in [4.78, 5) is 10.9. The Labute approximate surface area is 82.9 Å². The zero-order valence-corrected chi connectivity index (χ0v) is 9.55. The molecule has 0 saturated heterocycles. The normalized spacial score (nSPS) is 15.8. The number of hydrogen-bond donors (Lipinski definition) is 0. The van der Waals surface area contributed by atoms with Gasteiger partial charge in [0.05, 0.1) is 0 Å². The molecule has 1 nitrogen and oxygen atoms in total. The summed E-state index contributed by atoms with van der Waals surface area (Å²) in [5.41, 5.74) is 0. The summed E-state index contributed by atoms with van der Waals surface area (Å²) in [5.74, 6) is 1.55. The topological polar surface area (TPSA) is 17.1 Å². The molecule has 0 aromatic rings. The molecular formula is C12H24O. The molecule has 78 valence electrons. The van der Waals surface area contributed by atoms with Gasteiger partial charge in [0.15, 0.2) is 0 Å². The van der Waals surface area contributed by atoms with Gasteiger partial charge in [0.2, 0.25) is 0 Å². The summed E-state index contributed by atoms with van der Waals surface area (Å²) < 4.78 is 0. The van der Waals surface area contributed by atoms with E-state index in [2.05, 4.69) is 27.7 Å². The number of carbonyl (C=O) groups excluding carboxylic acids is 1. The number of carbonyl (C=O) groups is 1. The second kappa shape index (κ2) is 7.11. The third-order valence-corrected chi connectivity index (χ3v) is 2.71. The van der Waals surface area contributed by atoms with Crippen LogP contribution in [0.4, 0.5) is 0 Å². The van der Waals surface area contributed by atoms with Gasteiger partial charge in [0.25, 0.3) is 0 Å². The zero-order chi connectivity index (χ0) is 10.3. The van der Waals surface area contributed by atoms with Gasteiger partial charge in [-0.2, -0.15) is 0 Å². The molecule has 1 heteroatoms. The van der Waals surface area contributed by atoms with E-state index < -0.39 is 0 Å². The second-order valence-electron chi connectivity index (χ2n) is 4.39. The number of aldehydes is 1. The lowest BCUT2D eigenvalue weighted by Crippen LogP contribution is -2.17. The van der Waals surface area contributed by atoms with Crippen LogP contribution in [0, 0.1) is 17.8 Å². The Bertz CT molecular complexity index is 129. The van der Waals surface area contributed by atoms with Crippen molar-refractivity contribution in [2.75, 3.05) is 0 Å². The van der Waals surface area contributed by atoms with Crippen LogP contribution in [0.15, 0.2) is 0 Å². The predicted octanol–water partition coefficient (Wildman–Crippen LogP) is 3.67. The van der Waals surface area contributed by atoms with Crippen LogP contribution in [-0.4, -0.2) is 6.29 Å². The summed E-state index contributed by atoms with van der Waals surface area (Å²) in [7, 11) is 0. The zero-order valence-electron chi connectivity index (χ0n) is 9.55. The van der Waals surface area contributed by atoms with Gasteiger partial charge in [0.1, 0.15) is 6.29 Å². The summed E-state index contributed by atoms with van der Waals surface area (Å²) in [6.07, 6.45) is 5.77. The van der Waals surface area contributed by atoms with Gasteiger partial charge < -0.3 is 4.79 Å². The van der Waals surface area contributed by atoms with E-state index in [1.807, 2.05) is 0 Å². The fourth-order valence-corrected chi connectivity index (χ4v) is 2.00. The van der Waals surface area contributed by atoms with Crippen molar-refractivity contribution in [2.45, 2.75) is 53.4 Å². The van der Waals surface area contributed by atoms with Gasteiger partial charge in [-0.15, -0.1) is 0 Å². The number of hydrogen-bond acceptors (Lipinski definition) is 1. The van der Waals surface area contributed by atoms with Crippen LogP contribution in [0.2, 0.25) is 0 Å². The molecule has 0 aliphatic rings. The van der Waals surface area contributed by atoms with E-state index in [-0.39, 0.29) is 0 Å². The minimum absolute atomic E-state index is 0.296. The van der Waals surface area contributed by atoms with Crippen molar-refractivity contribution in [3.05, 3.63) is 0 Å². The molecule has 0 amide bonds. The molecular weight excluding hydrogens is 160 g/mol. The Morgan fingerprint density at radius 2 is 1.85 bits per heavy atom. The van der Waals surface area contributed by atoms with E-state index in [0.717, 1.165) is 12.8 Å². The quantitative estimate of drug-likeness (QED) is 0.552. The van der Waals surface area contributed by atoms with Crippen LogP contribution in [0.5, 0.6) is 0 Å². The Morgan fingerprint density at radius 1 is 1.23 bits per heavy atom. The predicted molar refractivity (Wildman–Crippen MR) is 57.7 cm³/mol. The molecule has 0 heterocycles. The first-order chi connectivity index (χ1) is 6.15. The molecule has 0 aromatic heterocycles. The summed E-state index contributed by atoms with van der Waals surface area (Å²) in [6, 6.07) is 0. The lowest BCUT2D eigenvalue weighted by atomic mass is 9.82. The lowest BCUT2D eigenvalue weighted by Gasteiger charge is -2.22. The van der Waals surface area contributed by atoms with Gasteiger partial charge in [-0.05, 0) is 18.3 Å². The molecule has 2 atom stereocenters. The molecule has 0 radical (unpaired) electrons. The van der Waals surface area contributed by atoms with Crippen LogP contribution < -0.4 is 0 Å². The van der Waals surface area contributed by atoms with Gasteiger partial charge >= 0.3 is 0 Å².